The number of anilines is 2. The third-order valence-electron chi connectivity index (χ3n) is 3.95. The van der Waals surface area contributed by atoms with Gasteiger partial charge in [0.15, 0.2) is 0 Å². The molecule has 0 saturated carbocycles. The van der Waals surface area contributed by atoms with E-state index in [9.17, 15) is 14.9 Å². The van der Waals surface area contributed by atoms with Crippen LogP contribution >= 0.6 is 0 Å². The molecule has 1 fully saturated rings. The van der Waals surface area contributed by atoms with Gasteiger partial charge in [0.2, 0.25) is 0 Å². The van der Waals surface area contributed by atoms with E-state index in [0.717, 1.165) is 25.1 Å². The minimum Gasteiger partial charge on any atom is -0.444 e. The molecule has 0 spiro atoms. The Morgan fingerprint density at radius 3 is 2.72 bits per heavy atom. The van der Waals surface area contributed by atoms with Crippen LogP contribution in [0.2, 0.25) is 0 Å². The highest BCUT2D eigenvalue weighted by Gasteiger charge is 2.27. The van der Waals surface area contributed by atoms with Crippen molar-refractivity contribution in [3.8, 4) is 0 Å². The number of piperidine rings is 1. The molecule has 1 atom stereocenters. The van der Waals surface area contributed by atoms with Gasteiger partial charge in [0.25, 0.3) is 5.69 Å². The van der Waals surface area contributed by atoms with Crippen molar-refractivity contribution in [1.82, 2.24) is 5.32 Å². The average Bonchev–Trinajstić information content (AvgIpc) is 2.52. The number of carbonyl (C=O) groups is 1. The molecule has 8 nitrogen and oxygen atoms in total. The summed E-state index contributed by atoms with van der Waals surface area (Å²) >= 11 is 0. The molecule has 0 aliphatic carbocycles. The number of benzene rings is 1. The molecule has 1 heterocycles. The minimum atomic E-state index is -0.544. The van der Waals surface area contributed by atoms with Crippen molar-refractivity contribution in [2.75, 3.05) is 30.4 Å². The maximum atomic E-state index is 12.0. The summed E-state index contributed by atoms with van der Waals surface area (Å²) in [5.74, 6) is 0. The van der Waals surface area contributed by atoms with Crippen molar-refractivity contribution in [2.24, 2.45) is 0 Å². The van der Waals surface area contributed by atoms with Crippen molar-refractivity contribution < 1.29 is 14.5 Å². The second-order valence-corrected chi connectivity index (χ2v) is 7.11. The molecule has 0 unspecified atom stereocenters. The smallest absolute Gasteiger partial charge is 0.407 e. The maximum Gasteiger partial charge on any atom is 0.407 e. The summed E-state index contributed by atoms with van der Waals surface area (Å²) in [6, 6.07) is 4.96. The third kappa shape index (κ3) is 4.98. The normalized spacial score (nSPS) is 17.8. The number of carbonyl (C=O) groups excluding carboxylic acids is 1. The second kappa shape index (κ2) is 7.58. The number of hydrogen-bond donors (Lipinski definition) is 2. The predicted octanol–water partition coefficient (Wildman–Crippen LogP) is 3.13. The van der Waals surface area contributed by atoms with Gasteiger partial charge in [-0.25, -0.2) is 4.79 Å². The van der Waals surface area contributed by atoms with E-state index in [2.05, 4.69) is 15.5 Å². The molecule has 0 aromatic heterocycles. The quantitative estimate of drug-likeness (QED) is 0.640. The lowest BCUT2D eigenvalue weighted by Crippen LogP contribution is -2.49. The van der Waals surface area contributed by atoms with Gasteiger partial charge in [-0.3, -0.25) is 10.1 Å². The fourth-order valence-corrected chi connectivity index (χ4v) is 2.99. The maximum absolute atomic E-state index is 12.0. The van der Waals surface area contributed by atoms with Crippen LogP contribution in [0.1, 0.15) is 33.6 Å². The zero-order valence-corrected chi connectivity index (χ0v) is 15.2. The van der Waals surface area contributed by atoms with Crippen molar-refractivity contribution in [1.29, 1.82) is 0 Å². The largest absolute Gasteiger partial charge is 0.444 e. The van der Waals surface area contributed by atoms with Gasteiger partial charge in [-0.05, 0) is 39.7 Å². The van der Waals surface area contributed by atoms with Gasteiger partial charge in [-0.2, -0.15) is 0 Å². The Hall–Kier alpha value is -2.51. The van der Waals surface area contributed by atoms with Gasteiger partial charge < -0.3 is 20.3 Å². The molecule has 8 heteroatoms. The number of rotatable bonds is 4. The lowest BCUT2D eigenvalue weighted by molar-refractivity contribution is -0.383. The monoisotopic (exact) mass is 350 g/mol. The number of amides is 1. The van der Waals surface area contributed by atoms with Crippen molar-refractivity contribution in [3.63, 3.8) is 0 Å². The number of alkyl carbamates (subject to hydrolysis) is 1. The number of nitrogens with zero attached hydrogens (tertiary/aromatic N) is 2. The topological polar surface area (TPSA) is 96.7 Å². The number of nitro benzene ring substituents is 1. The highest BCUT2D eigenvalue weighted by Crippen LogP contribution is 2.35. The molecule has 2 rings (SSSR count). The molecule has 1 aromatic carbocycles. The molecule has 1 aromatic rings. The Morgan fingerprint density at radius 2 is 2.12 bits per heavy atom. The van der Waals surface area contributed by atoms with Gasteiger partial charge in [0, 0.05) is 32.2 Å². The van der Waals surface area contributed by atoms with Crippen LogP contribution in [0.4, 0.5) is 21.9 Å². The number of ether oxygens (including phenoxy) is 1. The summed E-state index contributed by atoms with van der Waals surface area (Å²) in [6.07, 6.45) is 1.29. The first-order valence-electron chi connectivity index (χ1n) is 8.41. The molecule has 1 aliphatic rings. The van der Waals surface area contributed by atoms with E-state index in [1.165, 1.54) is 6.07 Å². The zero-order chi connectivity index (χ0) is 18.6. The molecular weight excluding hydrogens is 324 g/mol. The van der Waals surface area contributed by atoms with E-state index < -0.39 is 16.6 Å². The molecule has 0 radical (unpaired) electrons. The van der Waals surface area contributed by atoms with Crippen LogP contribution in [0.15, 0.2) is 18.2 Å². The molecule has 25 heavy (non-hydrogen) atoms. The van der Waals surface area contributed by atoms with Crippen molar-refractivity contribution in [3.05, 3.63) is 28.3 Å². The minimum absolute atomic E-state index is 0.0437. The Bertz CT molecular complexity index is 642. The van der Waals surface area contributed by atoms with Crippen LogP contribution in [-0.4, -0.2) is 42.8 Å². The van der Waals surface area contributed by atoms with Crippen LogP contribution in [0.3, 0.4) is 0 Å². The highest BCUT2D eigenvalue weighted by molar-refractivity contribution is 5.79. The Morgan fingerprint density at radius 1 is 1.40 bits per heavy atom. The first-order valence-corrected chi connectivity index (χ1v) is 8.41. The second-order valence-electron chi connectivity index (χ2n) is 7.11. The summed E-state index contributed by atoms with van der Waals surface area (Å²) in [4.78, 5) is 24.9. The van der Waals surface area contributed by atoms with Gasteiger partial charge >= 0.3 is 6.09 Å². The van der Waals surface area contributed by atoms with E-state index in [1.54, 1.807) is 13.1 Å². The van der Waals surface area contributed by atoms with Crippen LogP contribution in [0.5, 0.6) is 0 Å². The highest BCUT2D eigenvalue weighted by atomic mass is 16.6. The van der Waals surface area contributed by atoms with Crippen molar-refractivity contribution >= 4 is 23.2 Å². The first kappa shape index (κ1) is 18.8. The van der Waals surface area contributed by atoms with Crippen molar-refractivity contribution in [2.45, 2.75) is 45.3 Å². The lowest BCUT2D eigenvalue weighted by Gasteiger charge is -2.35. The van der Waals surface area contributed by atoms with E-state index >= 15 is 0 Å². The van der Waals surface area contributed by atoms with Crippen LogP contribution < -0.4 is 15.5 Å². The summed E-state index contributed by atoms with van der Waals surface area (Å²) in [7, 11) is 1.67. The number of nitrogens with one attached hydrogen (secondary N) is 2. The Balaban J connectivity index is 2.12. The zero-order valence-electron chi connectivity index (χ0n) is 15.2. The fourth-order valence-electron chi connectivity index (χ4n) is 2.99. The first-order chi connectivity index (χ1) is 11.7. The molecule has 2 N–H and O–H groups in total. The van der Waals surface area contributed by atoms with Gasteiger partial charge in [-0.15, -0.1) is 0 Å². The third-order valence-corrected chi connectivity index (χ3v) is 3.95. The van der Waals surface area contributed by atoms with Gasteiger partial charge in [-0.1, -0.05) is 6.07 Å². The summed E-state index contributed by atoms with van der Waals surface area (Å²) in [5, 5.41) is 17.1. The van der Waals surface area contributed by atoms with Crippen LogP contribution in [-0.2, 0) is 4.74 Å². The standard InChI is InChI=1S/C17H26N4O4/c1-17(2,3)25-16(22)19-12-7-6-10-20(11-12)13-8-5-9-14(21(23)24)15(13)18-4/h5,8-9,12,18H,6-7,10-11H2,1-4H3,(H,19,22)/t12-/m1/s1. The van der Waals surface area contributed by atoms with Crippen LogP contribution in [0.25, 0.3) is 0 Å². The average molecular weight is 350 g/mol. The predicted molar refractivity (Wildman–Crippen MR) is 97.2 cm³/mol. The van der Waals surface area contributed by atoms with Gasteiger partial charge in [0.05, 0.1) is 10.6 Å². The molecule has 1 saturated heterocycles. The number of hydrogen-bond acceptors (Lipinski definition) is 6. The lowest BCUT2D eigenvalue weighted by atomic mass is 10.0. The summed E-state index contributed by atoms with van der Waals surface area (Å²) < 4.78 is 5.31. The number of para-hydroxylation sites is 1. The molecule has 1 amide bonds. The number of nitro groups is 1. The molecule has 0 bridgehead atoms. The van der Waals surface area contributed by atoms with E-state index in [1.807, 2.05) is 26.8 Å². The fraction of sp³-hybridized carbons (Fsp3) is 0.588. The molecular formula is C17H26N4O4. The summed E-state index contributed by atoms with van der Waals surface area (Å²) in [6.45, 7) is 6.82. The van der Waals surface area contributed by atoms with Crippen LogP contribution in [0, 0.1) is 10.1 Å². The van der Waals surface area contributed by atoms with Gasteiger partial charge in [0.1, 0.15) is 11.3 Å². The SMILES string of the molecule is CNc1c(N2CCC[C@@H](NC(=O)OC(C)(C)C)C2)cccc1[N+](=O)[O-]. The molecule has 138 valence electrons. The van der Waals surface area contributed by atoms with E-state index in [-0.39, 0.29) is 11.7 Å². The summed E-state index contributed by atoms with van der Waals surface area (Å²) in [5.41, 5.74) is 0.762. The van der Waals surface area contributed by atoms with E-state index in [0.29, 0.717) is 12.2 Å². The molecule has 1 aliphatic heterocycles. The Labute approximate surface area is 147 Å². The van der Waals surface area contributed by atoms with E-state index in [4.69, 9.17) is 4.74 Å². The Kier molecular flexibility index (Phi) is 5.71.